The first kappa shape index (κ1) is 13.3. The fourth-order valence-electron chi connectivity index (χ4n) is 1.77. The SMILES string of the molecule is CC(C)N(CCO)c1ccc(N)cc1C(N)=O. The molecule has 5 N–H and O–H groups in total. The van der Waals surface area contributed by atoms with Crippen LogP contribution in [0.1, 0.15) is 24.2 Å². The van der Waals surface area contributed by atoms with Gasteiger partial charge in [0.05, 0.1) is 12.2 Å². The first-order valence-electron chi connectivity index (χ1n) is 5.54. The Labute approximate surface area is 101 Å². The van der Waals surface area contributed by atoms with Crippen LogP contribution < -0.4 is 16.4 Å². The topological polar surface area (TPSA) is 92.6 Å². The average Bonchev–Trinajstić information content (AvgIpc) is 2.26. The molecule has 17 heavy (non-hydrogen) atoms. The highest BCUT2D eigenvalue weighted by Crippen LogP contribution is 2.24. The van der Waals surface area contributed by atoms with Crippen molar-refractivity contribution in [3.8, 4) is 0 Å². The summed E-state index contributed by atoms with van der Waals surface area (Å²) < 4.78 is 0. The molecule has 0 aromatic heterocycles. The van der Waals surface area contributed by atoms with Crippen molar-refractivity contribution >= 4 is 17.3 Å². The zero-order valence-corrected chi connectivity index (χ0v) is 10.2. The molecule has 1 aromatic carbocycles. The molecule has 0 heterocycles. The predicted octanol–water partition coefficient (Wildman–Crippen LogP) is 0.575. The smallest absolute Gasteiger partial charge is 0.250 e. The highest BCUT2D eigenvalue weighted by molar-refractivity contribution is 5.99. The molecular weight excluding hydrogens is 218 g/mol. The van der Waals surface area contributed by atoms with Crippen molar-refractivity contribution in [1.29, 1.82) is 0 Å². The molecule has 5 nitrogen and oxygen atoms in total. The number of benzene rings is 1. The Bertz CT molecular complexity index is 405. The number of amides is 1. The monoisotopic (exact) mass is 237 g/mol. The fourth-order valence-corrected chi connectivity index (χ4v) is 1.77. The summed E-state index contributed by atoms with van der Waals surface area (Å²) in [5.41, 5.74) is 12.6. The normalized spacial score (nSPS) is 10.6. The molecule has 0 unspecified atom stereocenters. The Morgan fingerprint density at radius 1 is 1.47 bits per heavy atom. The number of rotatable bonds is 5. The number of nitrogen functional groups attached to an aromatic ring is 1. The van der Waals surface area contributed by atoms with Crippen molar-refractivity contribution in [2.24, 2.45) is 5.73 Å². The van der Waals surface area contributed by atoms with E-state index in [1.807, 2.05) is 18.7 Å². The number of carbonyl (C=O) groups excluding carboxylic acids is 1. The van der Waals surface area contributed by atoms with Crippen LogP contribution in [0.15, 0.2) is 18.2 Å². The molecule has 1 aromatic rings. The molecular formula is C12H19N3O2. The molecule has 0 radical (unpaired) electrons. The zero-order chi connectivity index (χ0) is 13.0. The van der Waals surface area contributed by atoms with Gasteiger partial charge >= 0.3 is 0 Å². The Kier molecular flexibility index (Phi) is 4.34. The van der Waals surface area contributed by atoms with E-state index in [0.717, 1.165) is 0 Å². The van der Waals surface area contributed by atoms with E-state index in [2.05, 4.69) is 0 Å². The Balaban J connectivity index is 3.22. The molecule has 5 heteroatoms. The van der Waals surface area contributed by atoms with Crippen molar-refractivity contribution in [1.82, 2.24) is 0 Å². The summed E-state index contributed by atoms with van der Waals surface area (Å²) >= 11 is 0. The van der Waals surface area contributed by atoms with E-state index in [1.165, 1.54) is 0 Å². The van der Waals surface area contributed by atoms with E-state index >= 15 is 0 Å². The van der Waals surface area contributed by atoms with Crippen molar-refractivity contribution in [2.45, 2.75) is 19.9 Å². The third kappa shape index (κ3) is 3.10. The lowest BCUT2D eigenvalue weighted by Gasteiger charge is -2.29. The summed E-state index contributed by atoms with van der Waals surface area (Å²) in [5.74, 6) is -0.518. The zero-order valence-electron chi connectivity index (χ0n) is 10.2. The van der Waals surface area contributed by atoms with Gasteiger partial charge < -0.3 is 21.5 Å². The van der Waals surface area contributed by atoms with Crippen molar-refractivity contribution in [2.75, 3.05) is 23.8 Å². The van der Waals surface area contributed by atoms with Crippen molar-refractivity contribution in [3.63, 3.8) is 0 Å². The van der Waals surface area contributed by atoms with Gasteiger partial charge in [0.15, 0.2) is 0 Å². The molecule has 0 saturated carbocycles. The van der Waals surface area contributed by atoms with Gasteiger partial charge in [-0.1, -0.05) is 0 Å². The van der Waals surface area contributed by atoms with Gasteiger partial charge in [0.2, 0.25) is 0 Å². The second-order valence-electron chi connectivity index (χ2n) is 4.15. The summed E-state index contributed by atoms with van der Waals surface area (Å²) in [4.78, 5) is 13.3. The largest absolute Gasteiger partial charge is 0.399 e. The first-order chi connectivity index (χ1) is 7.97. The van der Waals surface area contributed by atoms with E-state index < -0.39 is 5.91 Å². The van der Waals surface area contributed by atoms with E-state index in [0.29, 0.717) is 23.5 Å². The van der Waals surface area contributed by atoms with Crippen LogP contribution in [-0.2, 0) is 0 Å². The Morgan fingerprint density at radius 2 is 2.12 bits per heavy atom. The quantitative estimate of drug-likeness (QED) is 0.653. The molecule has 1 amide bonds. The van der Waals surface area contributed by atoms with Crippen LogP contribution in [0.5, 0.6) is 0 Å². The number of aliphatic hydroxyl groups is 1. The third-order valence-corrected chi connectivity index (χ3v) is 2.56. The van der Waals surface area contributed by atoms with Crippen LogP contribution in [0.25, 0.3) is 0 Å². The molecule has 0 aliphatic carbocycles. The molecule has 0 bridgehead atoms. The highest BCUT2D eigenvalue weighted by atomic mass is 16.3. The second-order valence-corrected chi connectivity index (χ2v) is 4.15. The highest BCUT2D eigenvalue weighted by Gasteiger charge is 2.17. The third-order valence-electron chi connectivity index (χ3n) is 2.56. The van der Waals surface area contributed by atoms with Crippen LogP contribution >= 0.6 is 0 Å². The first-order valence-corrected chi connectivity index (χ1v) is 5.54. The number of hydrogen-bond acceptors (Lipinski definition) is 4. The van der Waals surface area contributed by atoms with Gasteiger partial charge in [0.25, 0.3) is 5.91 Å². The van der Waals surface area contributed by atoms with Crippen LogP contribution in [0.3, 0.4) is 0 Å². The molecule has 0 fully saturated rings. The molecule has 0 aliphatic rings. The van der Waals surface area contributed by atoms with Gasteiger partial charge in [-0.25, -0.2) is 0 Å². The van der Waals surface area contributed by atoms with E-state index in [-0.39, 0.29) is 12.6 Å². The molecule has 0 spiro atoms. The summed E-state index contributed by atoms with van der Waals surface area (Å²) in [5, 5.41) is 9.05. The van der Waals surface area contributed by atoms with Crippen molar-refractivity contribution in [3.05, 3.63) is 23.8 Å². The molecule has 0 atom stereocenters. The minimum Gasteiger partial charge on any atom is -0.399 e. The van der Waals surface area contributed by atoms with Gasteiger partial charge in [-0.3, -0.25) is 4.79 Å². The lowest BCUT2D eigenvalue weighted by molar-refractivity contribution is 0.100. The summed E-state index contributed by atoms with van der Waals surface area (Å²) in [6.45, 7) is 4.43. The number of primary amides is 1. The van der Waals surface area contributed by atoms with Crippen LogP contribution in [0, 0.1) is 0 Å². The van der Waals surface area contributed by atoms with Gasteiger partial charge in [-0.05, 0) is 32.0 Å². The molecule has 1 rings (SSSR count). The van der Waals surface area contributed by atoms with Gasteiger partial charge in [0, 0.05) is 24.0 Å². The number of anilines is 2. The van der Waals surface area contributed by atoms with Gasteiger partial charge in [-0.15, -0.1) is 0 Å². The summed E-state index contributed by atoms with van der Waals surface area (Å²) in [6, 6.07) is 5.19. The number of hydrogen-bond donors (Lipinski definition) is 3. The summed E-state index contributed by atoms with van der Waals surface area (Å²) in [6.07, 6.45) is 0. The maximum absolute atomic E-state index is 11.4. The maximum Gasteiger partial charge on any atom is 0.250 e. The maximum atomic E-state index is 11.4. The van der Waals surface area contributed by atoms with Crippen LogP contribution in [0.2, 0.25) is 0 Å². The molecule has 94 valence electrons. The minimum absolute atomic E-state index is 0.0146. The van der Waals surface area contributed by atoms with Crippen LogP contribution in [-0.4, -0.2) is 30.2 Å². The number of carbonyl (C=O) groups is 1. The number of nitrogens with zero attached hydrogens (tertiary/aromatic N) is 1. The predicted molar refractivity (Wildman–Crippen MR) is 68.9 cm³/mol. The number of nitrogens with two attached hydrogens (primary N) is 2. The van der Waals surface area contributed by atoms with Crippen molar-refractivity contribution < 1.29 is 9.90 Å². The van der Waals surface area contributed by atoms with Crippen LogP contribution in [0.4, 0.5) is 11.4 Å². The molecule has 0 saturated heterocycles. The summed E-state index contributed by atoms with van der Waals surface area (Å²) in [7, 11) is 0. The van der Waals surface area contributed by atoms with Gasteiger partial charge in [0.1, 0.15) is 0 Å². The van der Waals surface area contributed by atoms with E-state index in [1.54, 1.807) is 18.2 Å². The standard InChI is InChI=1S/C12H19N3O2/c1-8(2)15(5-6-16)11-4-3-9(13)7-10(11)12(14)17/h3-4,7-8,16H,5-6,13H2,1-2H3,(H2,14,17). The Hall–Kier alpha value is -1.75. The van der Waals surface area contributed by atoms with E-state index in [9.17, 15) is 4.79 Å². The lowest BCUT2D eigenvalue weighted by Crippen LogP contribution is -2.35. The second kappa shape index (κ2) is 5.54. The fraction of sp³-hybridized carbons (Fsp3) is 0.417. The lowest BCUT2D eigenvalue weighted by atomic mass is 10.1. The van der Waals surface area contributed by atoms with Gasteiger partial charge in [-0.2, -0.15) is 0 Å². The minimum atomic E-state index is -0.518. The Morgan fingerprint density at radius 3 is 2.59 bits per heavy atom. The molecule has 0 aliphatic heterocycles. The number of aliphatic hydroxyl groups excluding tert-OH is 1. The van der Waals surface area contributed by atoms with E-state index in [4.69, 9.17) is 16.6 Å². The average molecular weight is 237 g/mol.